The number of fused-ring (bicyclic) bond motifs is 1. The molecule has 2 saturated heterocycles. The quantitative estimate of drug-likeness (QED) is 0.630. The molecule has 0 bridgehead atoms. The Kier molecular flexibility index (Phi) is 2.37. The van der Waals surface area contributed by atoms with Crippen molar-refractivity contribution in [2.75, 3.05) is 19.6 Å². The first kappa shape index (κ1) is 8.52. The summed E-state index contributed by atoms with van der Waals surface area (Å²) < 4.78 is 0. The number of nitrogens with zero attached hydrogens (tertiary/aromatic N) is 1. The van der Waals surface area contributed by atoms with Gasteiger partial charge in [-0.1, -0.05) is 13.8 Å². The molecule has 12 heavy (non-hydrogen) atoms. The summed E-state index contributed by atoms with van der Waals surface area (Å²) in [5, 5.41) is 3.65. The van der Waals surface area contributed by atoms with Gasteiger partial charge in [0.1, 0.15) is 0 Å². The van der Waals surface area contributed by atoms with E-state index in [0.717, 1.165) is 18.0 Å². The van der Waals surface area contributed by atoms with E-state index < -0.39 is 0 Å². The Morgan fingerprint density at radius 3 is 3.00 bits per heavy atom. The highest BCUT2D eigenvalue weighted by atomic mass is 15.2. The van der Waals surface area contributed by atoms with Crippen LogP contribution in [0.25, 0.3) is 0 Å². The van der Waals surface area contributed by atoms with Gasteiger partial charge in [0.2, 0.25) is 0 Å². The molecule has 0 aliphatic carbocycles. The van der Waals surface area contributed by atoms with E-state index in [9.17, 15) is 0 Å². The lowest BCUT2D eigenvalue weighted by Crippen LogP contribution is -2.55. The van der Waals surface area contributed by atoms with Crippen molar-refractivity contribution >= 4 is 0 Å². The summed E-state index contributed by atoms with van der Waals surface area (Å²) in [6, 6.07) is 1.60. The zero-order chi connectivity index (χ0) is 8.55. The van der Waals surface area contributed by atoms with Gasteiger partial charge in [-0.2, -0.15) is 0 Å². The second kappa shape index (κ2) is 3.35. The summed E-state index contributed by atoms with van der Waals surface area (Å²) in [5.74, 6) is 0.784. The molecule has 2 atom stereocenters. The molecular formula is C10H20N2. The molecule has 0 saturated carbocycles. The zero-order valence-corrected chi connectivity index (χ0v) is 8.21. The fraction of sp³-hybridized carbons (Fsp3) is 1.00. The molecule has 2 rings (SSSR count). The third-order valence-electron chi connectivity index (χ3n) is 3.35. The highest BCUT2D eigenvalue weighted by Gasteiger charge is 2.31. The van der Waals surface area contributed by atoms with E-state index in [-0.39, 0.29) is 0 Å². The first-order valence-electron chi connectivity index (χ1n) is 5.25. The maximum atomic E-state index is 3.65. The molecule has 2 nitrogen and oxygen atoms in total. The van der Waals surface area contributed by atoms with Gasteiger partial charge in [-0.05, 0) is 25.3 Å². The standard InChI is InChI=1S/C10H20N2/c1-8(2)10-7-12-5-3-4-9(12)6-11-10/h8-11H,3-7H2,1-2H3/t9?,10-/m1/s1. The number of nitrogens with one attached hydrogen (secondary N) is 1. The fourth-order valence-electron chi connectivity index (χ4n) is 2.42. The van der Waals surface area contributed by atoms with Crippen LogP contribution in [0, 0.1) is 5.92 Å². The first-order valence-corrected chi connectivity index (χ1v) is 5.25. The van der Waals surface area contributed by atoms with Crippen LogP contribution in [0.4, 0.5) is 0 Å². The molecule has 1 unspecified atom stereocenters. The molecule has 0 aromatic heterocycles. The zero-order valence-electron chi connectivity index (χ0n) is 8.21. The molecule has 1 N–H and O–H groups in total. The van der Waals surface area contributed by atoms with Crippen LogP contribution in [0.2, 0.25) is 0 Å². The van der Waals surface area contributed by atoms with E-state index in [2.05, 4.69) is 24.1 Å². The fourth-order valence-corrected chi connectivity index (χ4v) is 2.42. The molecule has 2 heteroatoms. The summed E-state index contributed by atoms with van der Waals surface area (Å²) in [5.41, 5.74) is 0. The predicted octanol–water partition coefficient (Wildman–Crippen LogP) is 1.08. The molecule has 0 radical (unpaired) electrons. The van der Waals surface area contributed by atoms with E-state index in [1.165, 1.54) is 32.5 Å². The van der Waals surface area contributed by atoms with Crippen molar-refractivity contribution in [2.24, 2.45) is 5.92 Å². The van der Waals surface area contributed by atoms with Crippen molar-refractivity contribution in [3.05, 3.63) is 0 Å². The van der Waals surface area contributed by atoms with Gasteiger partial charge in [0, 0.05) is 25.2 Å². The van der Waals surface area contributed by atoms with Crippen LogP contribution in [0.1, 0.15) is 26.7 Å². The Morgan fingerprint density at radius 1 is 1.42 bits per heavy atom. The average molecular weight is 168 g/mol. The van der Waals surface area contributed by atoms with Crippen LogP contribution in [0.15, 0.2) is 0 Å². The van der Waals surface area contributed by atoms with E-state index in [1.807, 2.05) is 0 Å². The van der Waals surface area contributed by atoms with Crippen LogP contribution in [-0.2, 0) is 0 Å². The van der Waals surface area contributed by atoms with Gasteiger partial charge in [-0.25, -0.2) is 0 Å². The molecule has 0 amide bonds. The predicted molar refractivity (Wildman–Crippen MR) is 51.2 cm³/mol. The van der Waals surface area contributed by atoms with Gasteiger partial charge in [0.05, 0.1) is 0 Å². The molecule has 2 aliphatic heterocycles. The Hall–Kier alpha value is -0.0800. The van der Waals surface area contributed by atoms with Gasteiger partial charge in [0.25, 0.3) is 0 Å². The Balaban J connectivity index is 1.92. The molecular weight excluding hydrogens is 148 g/mol. The lowest BCUT2D eigenvalue weighted by atomic mass is 10.0. The molecule has 70 valence electrons. The minimum absolute atomic E-state index is 0.736. The summed E-state index contributed by atoms with van der Waals surface area (Å²) >= 11 is 0. The molecule has 0 spiro atoms. The van der Waals surface area contributed by atoms with E-state index in [4.69, 9.17) is 0 Å². The highest BCUT2D eigenvalue weighted by Crippen LogP contribution is 2.21. The van der Waals surface area contributed by atoms with Gasteiger partial charge >= 0.3 is 0 Å². The first-order chi connectivity index (χ1) is 5.77. The molecule has 0 aromatic carbocycles. The Labute approximate surface area is 75.3 Å². The van der Waals surface area contributed by atoms with Crippen molar-refractivity contribution in [2.45, 2.75) is 38.8 Å². The van der Waals surface area contributed by atoms with Crippen molar-refractivity contribution in [3.8, 4) is 0 Å². The normalized spacial score (nSPS) is 37.2. The second-order valence-electron chi connectivity index (χ2n) is 4.55. The topological polar surface area (TPSA) is 15.3 Å². The SMILES string of the molecule is CC(C)[C@H]1CN2CCCC2CN1. The van der Waals surface area contributed by atoms with Gasteiger partial charge in [-0.3, -0.25) is 4.90 Å². The lowest BCUT2D eigenvalue weighted by Gasteiger charge is -2.37. The number of rotatable bonds is 1. The van der Waals surface area contributed by atoms with Crippen molar-refractivity contribution in [1.82, 2.24) is 10.2 Å². The van der Waals surface area contributed by atoms with Crippen LogP contribution in [-0.4, -0.2) is 36.6 Å². The minimum Gasteiger partial charge on any atom is -0.311 e. The number of hydrogen-bond acceptors (Lipinski definition) is 2. The van der Waals surface area contributed by atoms with Crippen molar-refractivity contribution in [3.63, 3.8) is 0 Å². The summed E-state index contributed by atoms with van der Waals surface area (Å²) in [6.45, 7) is 8.48. The number of piperazine rings is 1. The smallest absolute Gasteiger partial charge is 0.0221 e. The largest absolute Gasteiger partial charge is 0.311 e. The van der Waals surface area contributed by atoms with Crippen LogP contribution in [0.3, 0.4) is 0 Å². The van der Waals surface area contributed by atoms with Gasteiger partial charge in [0.15, 0.2) is 0 Å². The summed E-state index contributed by atoms with van der Waals surface area (Å²) in [7, 11) is 0. The van der Waals surface area contributed by atoms with Crippen molar-refractivity contribution in [1.29, 1.82) is 0 Å². The van der Waals surface area contributed by atoms with Crippen molar-refractivity contribution < 1.29 is 0 Å². The minimum atomic E-state index is 0.736. The lowest BCUT2D eigenvalue weighted by molar-refractivity contribution is 0.151. The van der Waals surface area contributed by atoms with E-state index in [0.29, 0.717) is 0 Å². The molecule has 2 aliphatic rings. The van der Waals surface area contributed by atoms with Crippen LogP contribution >= 0.6 is 0 Å². The monoisotopic (exact) mass is 168 g/mol. The maximum absolute atomic E-state index is 3.65. The van der Waals surface area contributed by atoms with Crippen LogP contribution in [0.5, 0.6) is 0 Å². The maximum Gasteiger partial charge on any atom is 0.0221 e. The van der Waals surface area contributed by atoms with Gasteiger partial charge in [-0.15, -0.1) is 0 Å². The van der Waals surface area contributed by atoms with E-state index >= 15 is 0 Å². The third-order valence-corrected chi connectivity index (χ3v) is 3.35. The Morgan fingerprint density at radius 2 is 2.25 bits per heavy atom. The molecule has 2 heterocycles. The van der Waals surface area contributed by atoms with Gasteiger partial charge < -0.3 is 5.32 Å². The number of hydrogen-bond donors (Lipinski definition) is 1. The van der Waals surface area contributed by atoms with E-state index in [1.54, 1.807) is 0 Å². The summed E-state index contributed by atoms with van der Waals surface area (Å²) in [6.07, 6.45) is 2.83. The molecule has 0 aromatic rings. The highest BCUT2D eigenvalue weighted by molar-refractivity contribution is 4.90. The molecule has 2 fully saturated rings. The van der Waals surface area contributed by atoms with Crippen LogP contribution < -0.4 is 5.32 Å². The summed E-state index contributed by atoms with van der Waals surface area (Å²) in [4.78, 5) is 2.67. The third kappa shape index (κ3) is 1.50. The second-order valence-corrected chi connectivity index (χ2v) is 4.55. The Bertz CT molecular complexity index is 156. The average Bonchev–Trinajstić information content (AvgIpc) is 2.49.